The smallest absolute Gasteiger partial charge is 0.329 e. The number of hydrogen-bond donors (Lipinski definition) is 2. The summed E-state index contributed by atoms with van der Waals surface area (Å²) in [7, 11) is 0. The maximum atomic E-state index is 12.8. The first-order chi connectivity index (χ1) is 9.82. The first-order valence-corrected chi connectivity index (χ1v) is 7.85. The SMILES string of the molecule is CCCC1(C(=O)O)CCCN1C(=O)N1CCCC(C)(O)C1. The standard InChI is InChI=1S/C15H26N2O4/c1-3-6-15(12(18)19)8-5-10-17(15)13(20)16-9-4-7-14(2,21)11-16/h21H,3-11H2,1-2H3,(H,18,19). The van der Waals surface area contributed by atoms with E-state index in [1.807, 2.05) is 6.92 Å². The Hall–Kier alpha value is -1.30. The largest absolute Gasteiger partial charge is 0.479 e. The van der Waals surface area contributed by atoms with Crippen LogP contribution >= 0.6 is 0 Å². The molecule has 0 aromatic carbocycles. The van der Waals surface area contributed by atoms with Crippen molar-refractivity contribution < 1.29 is 19.8 Å². The average molecular weight is 298 g/mol. The Bertz CT molecular complexity index is 424. The quantitative estimate of drug-likeness (QED) is 0.830. The summed E-state index contributed by atoms with van der Waals surface area (Å²) in [5.41, 5.74) is -1.93. The fourth-order valence-corrected chi connectivity index (χ4v) is 3.71. The van der Waals surface area contributed by atoms with Crippen LogP contribution in [0.5, 0.6) is 0 Å². The summed E-state index contributed by atoms with van der Waals surface area (Å²) in [6.45, 7) is 5.03. The predicted octanol–water partition coefficient (Wildman–Crippen LogP) is 1.67. The number of amides is 2. The van der Waals surface area contributed by atoms with Crippen molar-refractivity contribution in [1.82, 2.24) is 9.80 Å². The number of aliphatic carboxylic acids is 1. The highest BCUT2D eigenvalue weighted by atomic mass is 16.4. The Morgan fingerprint density at radius 1 is 1.19 bits per heavy atom. The van der Waals surface area contributed by atoms with Crippen LogP contribution in [0.15, 0.2) is 0 Å². The van der Waals surface area contributed by atoms with Crippen LogP contribution in [0.1, 0.15) is 52.4 Å². The Morgan fingerprint density at radius 2 is 1.86 bits per heavy atom. The minimum absolute atomic E-state index is 0.233. The van der Waals surface area contributed by atoms with Crippen LogP contribution < -0.4 is 0 Å². The molecule has 2 atom stereocenters. The van der Waals surface area contributed by atoms with Crippen molar-refractivity contribution in [3.8, 4) is 0 Å². The van der Waals surface area contributed by atoms with Crippen molar-refractivity contribution >= 4 is 12.0 Å². The molecule has 0 bridgehead atoms. The molecular weight excluding hydrogens is 272 g/mol. The Morgan fingerprint density at radius 3 is 2.43 bits per heavy atom. The van der Waals surface area contributed by atoms with Gasteiger partial charge in [0.25, 0.3) is 0 Å². The van der Waals surface area contributed by atoms with E-state index in [4.69, 9.17) is 0 Å². The maximum absolute atomic E-state index is 12.8. The molecule has 0 saturated carbocycles. The van der Waals surface area contributed by atoms with Gasteiger partial charge in [0, 0.05) is 13.1 Å². The lowest BCUT2D eigenvalue weighted by atomic mass is 9.90. The molecule has 2 aliphatic heterocycles. The van der Waals surface area contributed by atoms with Gasteiger partial charge in [-0.2, -0.15) is 0 Å². The van der Waals surface area contributed by atoms with Crippen LogP contribution in [0.3, 0.4) is 0 Å². The van der Waals surface area contributed by atoms with E-state index < -0.39 is 17.1 Å². The van der Waals surface area contributed by atoms with Gasteiger partial charge in [-0.1, -0.05) is 13.3 Å². The molecular formula is C15H26N2O4. The molecule has 2 N–H and O–H groups in total. The molecule has 2 amide bonds. The van der Waals surface area contributed by atoms with Gasteiger partial charge in [-0.15, -0.1) is 0 Å². The van der Waals surface area contributed by atoms with E-state index in [1.165, 1.54) is 4.90 Å². The van der Waals surface area contributed by atoms with Crippen LogP contribution in [0.4, 0.5) is 4.79 Å². The lowest BCUT2D eigenvalue weighted by molar-refractivity contribution is -0.149. The first kappa shape index (κ1) is 16.1. The number of β-amino-alcohol motifs (C(OH)–C–C–N with tert-alkyl or cyclic N) is 1. The van der Waals surface area contributed by atoms with E-state index in [-0.39, 0.29) is 12.6 Å². The lowest BCUT2D eigenvalue weighted by Gasteiger charge is -2.42. The zero-order valence-electron chi connectivity index (χ0n) is 13.0. The number of urea groups is 1. The first-order valence-electron chi connectivity index (χ1n) is 7.85. The summed E-state index contributed by atoms with van der Waals surface area (Å²) in [5.74, 6) is -0.904. The molecule has 0 spiro atoms. The van der Waals surface area contributed by atoms with Crippen LogP contribution in [-0.4, -0.2) is 62.8 Å². The second kappa shape index (κ2) is 5.83. The van der Waals surface area contributed by atoms with E-state index in [0.29, 0.717) is 32.4 Å². The zero-order valence-corrected chi connectivity index (χ0v) is 13.0. The number of rotatable bonds is 3. The van der Waals surface area contributed by atoms with Crippen LogP contribution in [0, 0.1) is 0 Å². The number of piperidine rings is 1. The lowest BCUT2D eigenvalue weighted by Crippen LogP contribution is -2.59. The summed E-state index contributed by atoms with van der Waals surface area (Å²) >= 11 is 0. The third kappa shape index (κ3) is 3.00. The van der Waals surface area contributed by atoms with Gasteiger partial charge in [0.05, 0.1) is 12.1 Å². The minimum atomic E-state index is -1.06. The molecule has 0 aromatic rings. The number of carbonyl (C=O) groups is 2. The molecule has 2 unspecified atom stereocenters. The molecule has 0 aromatic heterocycles. The van der Waals surface area contributed by atoms with E-state index >= 15 is 0 Å². The molecule has 6 heteroatoms. The molecule has 2 heterocycles. The van der Waals surface area contributed by atoms with Gasteiger partial charge in [0.15, 0.2) is 0 Å². The number of nitrogens with zero attached hydrogens (tertiary/aromatic N) is 2. The fourth-order valence-electron chi connectivity index (χ4n) is 3.71. The molecule has 2 fully saturated rings. The van der Waals surface area contributed by atoms with Crippen molar-refractivity contribution in [2.75, 3.05) is 19.6 Å². The van der Waals surface area contributed by atoms with Crippen LogP contribution in [0.25, 0.3) is 0 Å². The van der Waals surface area contributed by atoms with Crippen molar-refractivity contribution in [3.63, 3.8) is 0 Å². The molecule has 2 rings (SSSR count). The van der Waals surface area contributed by atoms with Crippen molar-refractivity contribution in [2.45, 2.75) is 63.5 Å². The Kier molecular flexibility index (Phi) is 4.46. The van der Waals surface area contributed by atoms with Crippen molar-refractivity contribution in [2.24, 2.45) is 0 Å². The maximum Gasteiger partial charge on any atom is 0.329 e. The summed E-state index contributed by atoms with van der Waals surface area (Å²) in [6.07, 6.45) is 3.89. The number of likely N-dealkylation sites (tertiary alicyclic amines) is 2. The summed E-state index contributed by atoms with van der Waals surface area (Å²) in [5, 5.41) is 19.8. The highest BCUT2D eigenvalue weighted by molar-refractivity contribution is 5.87. The Balaban J connectivity index is 2.18. The van der Waals surface area contributed by atoms with Gasteiger partial charge >= 0.3 is 12.0 Å². The van der Waals surface area contributed by atoms with E-state index in [0.717, 1.165) is 19.3 Å². The number of hydrogen-bond acceptors (Lipinski definition) is 3. The summed E-state index contributed by atoms with van der Waals surface area (Å²) in [6, 6.07) is -0.233. The van der Waals surface area contributed by atoms with Gasteiger partial charge in [-0.25, -0.2) is 9.59 Å². The second-order valence-corrected chi connectivity index (χ2v) is 6.65. The van der Waals surface area contributed by atoms with Crippen LogP contribution in [0.2, 0.25) is 0 Å². The van der Waals surface area contributed by atoms with Gasteiger partial charge < -0.3 is 20.0 Å². The van der Waals surface area contributed by atoms with Crippen molar-refractivity contribution in [3.05, 3.63) is 0 Å². The molecule has 2 aliphatic rings. The van der Waals surface area contributed by atoms with Crippen molar-refractivity contribution in [1.29, 1.82) is 0 Å². The highest BCUT2D eigenvalue weighted by Crippen LogP contribution is 2.35. The minimum Gasteiger partial charge on any atom is -0.479 e. The molecule has 0 aliphatic carbocycles. The summed E-state index contributed by atoms with van der Waals surface area (Å²) in [4.78, 5) is 27.7. The topological polar surface area (TPSA) is 81.1 Å². The zero-order chi connectivity index (χ0) is 15.7. The van der Waals surface area contributed by atoms with E-state index in [9.17, 15) is 19.8 Å². The normalized spacial score (nSPS) is 33.3. The molecule has 0 radical (unpaired) electrons. The van der Waals surface area contributed by atoms with E-state index in [1.54, 1.807) is 11.8 Å². The van der Waals surface area contributed by atoms with Crippen LogP contribution in [-0.2, 0) is 4.79 Å². The predicted molar refractivity (Wildman–Crippen MR) is 78.0 cm³/mol. The average Bonchev–Trinajstić information content (AvgIpc) is 2.82. The van der Waals surface area contributed by atoms with E-state index in [2.05, 4.69) is 0 Å². The van der Waals surface area contributed by atoms with Gasteiger partial charge in [0.2, 0.25) is 0 Å². The highest BCUT2D eigenvalue weighted by Gasteiger charge is 2.50. The molecule has 21 heavy (non-hydrogen) atoms. The monoisotopic (exact) mass is 298 g/mol. The molecule has 6 nitrogen and oxygen atoms in total. The fraction of sp³-hybridized carbons (Fsp3) is 0.867. The van der Waals surface area contributed by atoms with Gasteiger partial charge in [-0.05, 0) is 39.0 Å². The molecule has 120 valence electrons. The van der Waals surface area contributed by atoms with Gasteiger partial charge in [0.1, 0.15) is 5.54 Å². The third-order valence-corrected chi connectivity index (χ3v) is 4.73. The second-order valence-electron chi connectivity index (χ2n) is 6.65. The number of aliphatic hydroxyl groups is 1. The number of carboxylic acid groups (broad SMARTS) is 1. The van der Waals surface area contributed by atoms with Gasteiger partial charge in [-0.3, -0.25) is 0 Å². The summed E-state index contributed by atoms with van der Waals surface area (Å²) < 4.78 is 0. The molecule has 2 saturated heterocycles. The third-order valence-electron chi connectivity index (χ3n) is 4.73. The number of carbonyl (C=O) groups excluding carboxylic acids is 1. The number of carboxylic acids is 1. The Labute approximate surface area is 125 Å².